The van der Waals surface area contributed by atoms with Gasteiger partial charge in [-0.1, -0.05) is 18.2 Å². The van der Waals surface area contributed by atoms with E-state index in [1.165, 1.54) is 19.4 Å². The van der Waals surface area contributed by atoms with Gasteiger partial charge in [-0.2, -0.15) is 13.2 Å². The SMILES string of the molecule is CCOc1ccc(CNC(=O)NCc2ccc(OCc3nccc(OCC(F)(F)F)c3C)c(OC)c2)cc1. The summed E-state index contributed by atoms with van der Waals surface area (Å²) < 4.78 is 59.0. The second-order valence-electron chi connectivity index (χ2n) is 8.17. The highest BCUT2D eigenvalue weighted by Crippen LogP contribution is 2.30. The third-order valence-corrected chi connectivity index (χ3v) is 5.38. The van der Waals surface area contributed by atoms with Gasteiger partial charge in [0.25, 0.3) is 0 Å². The van der Waals surface area contributed by atoms with Crippen LogP contribution in [0.4, 0.5) is 18.0 Å². The zero-order valence-corrected chi connectivity index (χ0v) is 21.4. The Kier molecular flexibility index (Phi) is 10.0. The van der Waals surface area contributed by atoms with E-state index < -0.39 is 12.8 Å². The number of carbonyl (C=O) groups excluding carboxylic acids is 1. The van der Waals surface area contributed by atoms with E-state index in [0.29, 0.717) is 35.9 Å². The molecular weight excluding hydrogens is 503 g/mol. The van der Waals surface area contributed by atoms with Gasteiger partial charge in [-0.25, -0.2) is 4.79 Å². The molecule has 3 aromatic rings. The lowest BCUT2D eigenvalue weighted by Crippen LogP contribution is -2.34. The van der Waals surface area contributed by atoms with Gasteiger partial charge in [-0.05, 0) is 55.3 Å². The van der Waals surface area contributed by atoms with Crippen LogP contribution in [0, 0.1) is 6.92 Å². The molecule has 0 radical (unpaired) electrons. The number of benzene rings is 2. The Morgan fingerprint density at radius 3 is 2.24 bits per heavy atom. The molecule has 0 saturated heterocycles. The van der Waals surface area contributed by atoms with E-state index in [1.54, 1.807) is 25.1 Å². The molecule has 38 heavy (non-hydrogen) atoms. The maximum absolute atomic E-state index is 12.5. The number of urea groups is 1. The highest BCUT2D eigenvalue weighted by atomic mass is 19.4. The van der Waals surface area contributed by atoms with Crippen LogP contribution in [0.5, 0.6) is 23.0 Å². The molecule has 2 aromatic carbocycles. The quantitative estimate of drug-likeness (QED) is 0.328. The summed E-state index contributed by atoms with van der Waals surface area (Å²) in [6, 6.07) is 13.7. The summed E-state index contributed by atoms with van der Waals surface area (Å²) in [6.07, 6.45) is -3.07. The summed E-state index contributed by atoms with van der Waals surface area (Å²) in [5.41, 5.74) is 2.60. The maximum Gasteiger partial charge on any atom is 0.422 e. The van der Waals surface area contributed by atoms with Gasteiger partial charge >= 0.3 is 12.2 Å². The van der Waals surface area contributed by atoms with E-state index >= 15 is 0 Å². The Labute approximate surface area is 219 Å². The predicted molar refractivity (Wildman–Crippen MR) is 135 cm³/mol. The molecule has 3 rings (SSSR count). The average molecular weight is 534 g/mol. The molecule has 0 aliphatic rings. The van der Waals surface area contributed by atoms with Crippen molar-refractivity contribution < 1.29 is 36.9 Å². The number of nitrogens with zero attached hydrogens (tertiary/aromatic N) is 1. The monoisotopic (exact) mass is 533 g/mol. The van der Waals surface area contributed by atoms with Crippen LogP contribution in [0.1, 0.15) is 29.3 Å². The average Bonchev–Trinajstić information content (AvgIpc) is 2.90. The van der Waals surface area contributed by atoms with E-state index in [2.05, 4.69) is 15.6 Å². The van der Waals surface area contributed by atoms with Crippen LogP contribution in [-0.4, -0.2) is 37.5 Å². The van der Waals surface area contributed by atoms with Crippen LogP contribution in [0.2, 0.25) is 0 Å². The lowest BCUT2D eigenvalue weighted by Gasteiger charge is -2.15. The minimum Gasteiger partial charge on any atom is -0.494 e. The fraction of sp³-hybridized carbons (Fsp3) is 0.333. The molecule has 2 amide bonds. The first-order valence-corrected chi connectivity index (χ1v) is 11.9. The number of nitrogens with one attached hydrogen (secondary N) is 2. The number of hydrogen-bond donors (Lipinski definition) is 2. The zero-order chi connectivity index (χ0) is 27.5. The second-order valence-corrected chi connectivity index (χ2v) is 8.17. The number of carbonyl (C=O) groups is 1. The van der Waals surface area contributed by atoms with E-state index in [1.807, 2.05) is 31.2 Å². The number of pyridine rings is 1. The first kappa shape index (κ1) is 28.4. The largest absolute Gasteiger partial charge is 0.494 e. The van der Waals surface area contributed by atoms with Crippen molar-refractivity contribution in [3.8, 4) is 23.0 Å². The third kappa shape index (κ3) is 8.75. The Balaban J connectivity index is 1.52. The van der Waals surface area contributed by atoms with Crippen molar-refractivity contribution in [2.75, 3.05) is 20.3 Å². The Morgan fingerprint density at radius 1 is 0.895 bits per heavy atom. The number of methoxy groups -OCH3 is 1. The summed E-state index contributed by atoms with van der Waals surface area (Å²) in [4.78, 5) is 16.4. The molecule has 204 valence electrons. The van der Waals surface area contributed by atoms with Gasteiger partial charge in [0.2, 0.25) is 0 Å². The van der Waals surface area contributed by atoms with Crippen molar-refractivity contribution >= 4 is 6.03 Å². The number of amides is 2. The van der Waals surface area contributed by atoms with Crippen LogP contribution < -0.4 is 29.6 Å². The molecule has 2 N–H and O–H groups in total. The van der Waals surface area contributed by atoms with Crippen molar-refractivity contribution in [2.45, 2.75) is 39.7 Å². The number of halogens is 3. The molecule has 0 fully saturated rings. The normalized spacial score (nSPS) is 11.0. The zero-order valence-electron chi connectivity index (χ0n) is 21.4. The van der Waals surface area contributed by atoms with Crippen LogP contribution in [0.15, 0.2) is 54.7 Å². The van der Waals surface area contributed by atoms with Gasteiger partial charge < -0.3 is 29.6 Å². The Morgan fingerprint density at radius 2 is 1.58 bits per heavy atom. The molecule has 1 aromatic heterocycles. The molecule has 0 saturated carbocycles. The van der Waals surface area contributed by atoms with Gasteiger partial charge in [0, 0.05) is 24.8 Å². The molecule has 0 spiro atoms. The van der Waals surface area contributed by atoms with Crippen LogP contribution in [0.3, 0.4) is 0 Å². The van der Waals surface area contributed by atoms with Gasteiger partial charge in [0.15, 0.2) is 18.1 Å². The van der Waals surface area contributed by atoms with Gasteiger partial charge in [0.05, 0.1) is 19.4 Å². The molecule has 1 heterocycles. The second kappa shape index (κ2) is 13.4. The fourth-order valence-corrected chi connectivity index (χ4v) is 3.41. The van der Waals surface area contributed by atoms with Crippen LogP contribution >= 0.6 is 0 Å². The predicted octanol–water partition coefficient (Wildman–Crippen LogP) is 5.32. The molecule has 0 bridgehead atoms. The summed E-state index contributed by atoms with van der Waals surface area (Å²) in [7, 11) is 1.48. The highest BCUT2D eigenvalue weighted by Gasteiger charge is 2.28. The number of hydrogen-bond acceptors (Lipinski definition) is 6. The van der Waals surface area contributed by atoms with Gasteiger partial charge in [0.1, 0.15) is 18.1 Å². The van der Waals surface area contributed by atoms with E-state index in [4.69, 9.17) is 18.9 Å². The molecule has 8 nitrogen and oxygen atoms in total. The Bertz CT molecular complexity index is 1200. The number of ether oxygens (including phenoxy) is 4. The van der Waals surface area contributed by atoms with Crippen molar-refractivity contribution in [1.29, 1.82) is 0 Å². The number of aromatic nitrogens is 1. The van der Waals surface area contributed by atoms with Crippen molar-refractivity contribution in [3.63, 3.8) is 0 Å². The van der Waals surface area contributed by atoms with E-state index in [0.717, 1.165) is 16.9 Å². The first-order chi connectivity index (χ1) is 18.2. The minimum atomic E-state index is -4.44. The van der Waals surface area contributed by atoms with Crippen LogP contribution in [-0.2, 0) is 19.7 Å². The van der Waals surface area contributed by atoms with E-state index in [-0.39, 0.29) is 24.9 Å². The van der Waals surface area contributed by atoms with Gasteiger partial charge in [-0.3, -0.25) is 4.98 Å². The summed E-state index contributed by atoms with van der Waals surface area (Å²) >= 11 is 0. The Hall–Kier alpha value is -4.15. The topological polar surface area (TPSA) is 90.9 Å². The highest BCUT2D eigenvalue weighted by molar-refractivity contribution is 5.73. The molecule has 0 aliphatic heterocycles. The number of rotatable bonds is 12. The lowest BCUT2D eigenvalue weighted by molar-refractivity contribution is -0.153. The summed E-state index contributed by atoms with van der Waals surface area (Å²) in [5.74, 6) is 1.71. The lowest BCUT2D eigenvalue weighted by atomic mass is 10.2. The third-order valence-electron chi connectivity index (χ3n) is 5.38. The molecule has 0 aliphatic carbocycles. The molecule has 11 heteroatoms. The van der Waals surface area contributed by atoms with E-state index in [9.17, 15) is 18.0 Å². The summed E-state index contributed by atoms with van der Waals surface area (Å²) in [6.45, 7) is 3.35. The molecular formula is C27H30F3N3O5. The summed E-state index contributed by atoms with van der Waals surface area (Å²) in [5, 5.41) is 5.59. The van der Waals surface area contributed by atoms with Crippen molar-refractivity contribution in [1.82, 2.24) is 15.6 Å². The smallest absolute Gasteiger partial charge is 0.422 e. The van der Waals surface area contributed by atoms with Gasteiger partial charge in [-0.15, -0.1) is 0 Å². The number of alkyl halides is 3. The van der Waals surface area contributed by atoms with Crippen molar-refractivity contribution in [2.24, 2.45) is 0 Å². The standard InChI is InChI=1S/C27H30F3N3O5/c1-4-36-21-8-5-19(6-9-21)14-32-26(34)33-15-20-7-10-24(25(13-20)35-3)37-16-22-18(2)23(11-12-31-22)38-17-27(28,29)30/h5-13H,4,14-17H2,1-3H3,(H2,32,33,34). The first-order valence-electron chi connectivity index (χ1n) is 11.9. The minimum absolute atomic E-state index is 0.00301. The maximum atomic E-state index is 12.5. The van der Waals surface area contributed by atoms with Crippen LogP contribution in [0.25, 0.3) is 0 Å². The molecule has 0 unspecified atom stereocenters. The van der Waals surface area contributed by atoms with Crippen molar-refractivity contribution in [3.05, 3.63) is 77.1 Å². The fourth-order valence-electron chi connectivity index (χ4n) is 3.41. The molecule has 0 atom stereocenters.